The van der Waals surface area contributed by atoms with Gasteiger partial charge in [-0.3, -0.25) is 9.48 Å². The number of aromatic nitrogens is 2. The van der Waals surface area contributed by atoms with Crippen molar-refractivity contribution in [1.82, 2.24) is 19.8 Å². The molecule has 7 nitrogen and oxygen atoms in total. The Morgan fingerprint density at radius 3 is 2.27 bits per heavy atom. The minimum atomic E-state index is -3.68. The first-order valence-electron chi connectivity index (χ1n) is 7.21. The molecule has 0 atom stereocenters. The second-order valence-electron chi connectivity index (χ2n) is 6.74. The van der Waals surface area contributed by atoms with Gasteiger partial charge >= 0.3 is 0 Å². The van der Waals surface area contributed by atoms with E-state index in [1.54, 1.807) is 34.6 Å². The maximum atomic E-state index is 12.5. The molecule has 22 heavy (non-hydrogen) atoms. The Morgan fingerprint density at radius 1 is 1.27 bits per heavy atom. The third-order valence-corrected chi connectivity index (χ3v) is 4.78. The highest BCUT2D eigenvalue weighted by Gasteiger charge is 2.28. The molecule has 0 aliphatic heterocycles. The monoisotopic (exact) mass is 330 g/mol. The van der Waals surface area contributed by atoms with Crippen LogP contribution in [-0.4, -0.2) is 35.7 Å². The number of nitrogens with one attached hydrogen (secondary N) is 2. The fraction of sp³-hybridized carbons (Fsp3) is 0.714. The summed E-state index contributed by atoms with van der Waals surface area (Å²) in [5, 5.41) is 6.95. The molecule has 0 bridgehead atoms. The number of aryl methyl sites for hydroxylation is 1. The van der Waals surface area contributed by atoms with Crippen molar-refractivity contribution in [3.8, 4) is 0 Å². The third kappa shape index (κ3) is 4.81. The molecule has 1 aromatic heterocycles. The maximum absolute atomic E-state index is 12.5. The molecule has 1 heterocycles. The van der Waals surface area contributed by atoms with Gasteiger partial charge in [0, 0.05) is 11.6 Å². The van der Waals surface area contributed by atoms with Gasteiger partial charge in [0.15, 0.2) is 0 Å². The standard InChI is InChI=1S/C14H26N4O3S/c1-9(2)15-12(19)8-18-11(4)13(10(3)16-18)22(20,21)17-14(5,6)7/h9,17H,8H2,1-7H3,(H,15,19). The number of carbonyl (C=O) groups is 1. The van der Waals surface area contributed by atoms with Gasteiger partial charge in [0.05, 0.1) is 11.4 Å². The summed E-state index contributed by atoms with van der Waals surface area (Å²) in [7, 11) is -3.68. The number of sulfonamides is 1. The average molecular weight is 330 g/mol. The molecule has 1 rings (SSSR count). The van der Waals surface area contributed by atoms with Gasteiger partial charge in [-0.15, -0.1) is 0 Å². The first kappa shape index (κ1) is 18.6. The fourth-order valence-corrected chi connectivity index (χ4v) is 4.01. The lowest BCUT2D eigenvalue weighted by Gasteiger charge is -2.20. The zero-order valence-corrected chi connectivity index (χ0v) is 15.1. The van der Waals surface area contributed by atoms with Crippen molar-refractivity contribution >= 4 is 15.9 Å². The molecular formula is C14H26N4O3S. The second kappa shape index (κ2) is 6.37. The molecule has 8 heteroatoms. The average Bonchev–Trinajstić information content (AvgIpc) is 2.48. The molecule has 126 valence electrons. The van der Waals surface area contributed by atoms with Crippen LogP contribution in [0, 0.1) is 13.8 Å². The van der Waals surface area contributed by atoms with E-state index in [4.69, 9.17) is 0 Å². The molecule has 0 fully saturated rings. The number of hydrogen-bond acceptors (Lipinski definition) is 4. The summed E-state index contributed by atoms with van der Waals surface area (Å²) in [5.74, 6) is -0.201. The van der Waals surface area contributed by atoms with Gasteiger partial charge in [-0.25, -0.2) is 13.1 Å². The van der Waals surface area contributed by atoms with E-state index in [0.717, 1.165) is 0 Å². The minimum Gasteiger partial charge on any atom is -0.352 e. The Morgan fingerprint density at radius 2 is 1.82 bits per heavy atom. The quantitative estimate of drug-likeness (QED) is 0.845. The van der Waals surface area contributed by atoms with Crippen molar-refractivity contribution in [3.63, 3.8) is 0 Å². The van der Waals surface area contributed by atoms with E-state index in [-0.39, 0.29) is 23.4 Å². The van der Waals surface area contributed by atoms with Crippen LogP contribution in [0.1, 0.15) is 46.0 Å². The van der Waals surface area contributed by atoms with Crippen LogP contribution < -0.4 is 10.0 Å². The number of nitrogens with zero attached hydrogens (tertiary/aromatic N) is 2. The van der Waals surface area contributed by atoms with E-state index in [1.807, 2.05) is 13.8 Å². The van der Waals surface area contributed by atoms with Gasteiger partial charge in [-0.05, 0) is 48.5 Å². The molecular weight excluding hydrogens is 304 g/mol. The van der Waals surface area contributed by atoms with Crippen LogP contribution in [0.15, 0.2) is 4.90 Å². The largest absolute Gasteiger partial charge is 0.352 e. The summed E-state index contributed by atoms with van der Waals surface area (Å²) in [5.41, 5.74) is 0.245. The van der Waals surface area contributed by atoms with E-state index in [0.29, 0.717) is 11.4 Å². The van der Waals surface area contributed by atoms with Crippen molar-refractivity contribution in [2.75, 3.05) is 0 Å². The van der Waals surface area contributed by atoms with E-state index in [9.17, 15) is 13.2 Å². The molecule has 0 saturated carbocycles. The zero-order chi connectivity index (χ0) is 17.3. The summed E-state index contributed by atoms with van der Waals surface area (Å²) >= 11 is 0. The maximum Gasteiger partial charge on any atom is 0.244 e. The molecule has 0 unspecified atom stereocenters. The number of amides is 1. The summed E-state index contributed by atoms with van der Waals surface area (Å²) in [6.07, 6.45) is 0. The van der Waals surface area contributed by atoms with E-state index < -0.39 is 15.6 Å². The lowest BCUT2D eigenvalue weighted by Crippen LogP contribution is -2.40. The summed E-state index contributed by atoms with van der Waals surface area (Å²) in [4.78, 5) is 12.0. The fourth-order valence-electron chi connectivity index (χ4n) is 2.18. The number of hydrogen-bond donors (Lipinski definition) is 2. The smallest absolute Gasteiger partial charge is 0.244 e. The Labute approximate surface area is 132 Å². The molecule has 0 saturated heterocycles. The van der Waals surface area contributed by atoms with Gasteiger partial charge in [0.2, 0.25) is 15.9 Å². The Balaban J connectivity index is 3.13. The molecule has 1 aromatic rings. The van der Waals surface area contributed by atoms with Gasteiger partial charge in [0.1, 0.15) is 11.4 Å². The predicted molar refractivity (Wildman–Crippen MR) is 85.1 cm³/mol. The Kier molecular flexibility index (Phi) is 5.40. The van der Waals surface area contributed by atoms with Crippen molar-refractivity contribution < 1.29 is 13.2 Å². The SMILES string of the molecule is Cc1nn(CC(=O)NC(C)C)c(C)c1S(=O)(=O)NC(C)(C)C. The van der Waals surface area contributed by atoms with Gasteiger partial charge in [-0.2, -0.15) is 5.10 Å². The van der Waals surface area contributed by atoms with Crippen LogP contribution in [0.3, 0.4) is 0 Å². The van der Waals surface area contributed by atoms with Gasteiger partial charge in [0.25, 0.3) is 0 Å². The van der Waals surface area contributed by atoms with Crippen LogP contribution >= 0.6 is 0 Å². The molecule has 2 N–H and O–H groups in total. The Bertz CT molecular complexity index is 654. The second-order valence-corrected chi connectivity index (χ2v) is 8.35. The highest BCUT2D eigenvalue weighted by molar-refractivity contribution is 7.89. The van der Waals surface area contributed by atoms with Gasteiger partial charge in [-0.1, -0.05) is 0 Å². The van der Waals surface area contributed by atoms with Crippen LogP contribution in [0.2, 0.25) is 0 Å². The van der Waals surface area contributed by atoms with E-state index in [1.165, 1.54) is 4.68 Å². The normalized spacial score (nSPS) is 12.7. The highest BCUT2D eigenvalue weighted by Crippen LogP contribution is 2.21. The van der Waals surface area contributed by atoms with Crippen molar-refractivity contribution in [3.05, 3.63) is 11.4 Å². The number of carbonyl (C=O) groups excluding carboxylic acids is 1. The summed E-state index contributed by atoms with van der Waals surface area (Å²) in [6.45, 7) is 12.3. The van der Waals surface area contributed by atoms with E-state index in [2.05, 4.69) is 15.1 Å². The zero-order valence-electron chi connectivity index (χ0n) is 14.3. The lowest BCUT2D eigenvalue weighted by molar-refractivity contribution is -0.122. The molecule has 0 aromatic carbocycles. The van der Waals surface area contributed by atoms with Gasteiger partial charge < -0.3 is 5.32 Å². The molecule has 1 amide bonds. The molecule has 0 aliphatic rings. The molecule has 0 aliphatic carbocycles. The summed E-state index contributed by atoms with van der Waals surface area (Å²) < 4.78 is 29.0. The first-order chi connectivity index (χ1) is 9.83. The van der Waals surface area contributed by atoms with E-state index >= 15 is 0 Å². The van der Waals surface area contributed by atoms with Crippen molar-refractivity contribution in [2.24, 2.45) is 0 Å². The number of rotatable bonds is 5. The van der Waals surface area contributed by atoms with Crippen LogP contribution in [0.4, 0.5) is 0 Å². The molecule has 0 radical (unpaired) electrons. The van der Waals surface area contributed by atoms with Crippen molar-refractivity contribution in [1.29, 1.82) is 0 Å². The Hall–Kier alpha value is -1.41. The molecule has 0 spiro atoms. The van der Waals surface area contributed by atoms with Crippen LogP contribution in [0.5, 0.6) is 0 Å². The van der Waals surface area contributed by atoms with Crippen molar-refractivity contribution in [2.45, 2.75) is 71.5 Å². The minimum absolute atomic E-state index is 0.00408. The highest BCUT2D eigenvalue weighted by atomic mass is 32.2. The predicted octanol–water partition coefficient (Wildman–Crippen LogP) is 1.10. The van der Waals surface area contributed by atoms with Crippen LogP contribution in [0.25, 0.3) is 0 Å². The first-order valence-corrected chi connectivity index (χ1v) is 8.69. The topological polar surface area (TPSA) is 93.1 Å². The lowest BCUT2D eigenvalue weighted by atomic mass is 10.1. The summed E-state index contributed by atoms with van der Waals surface area (Å²) in [6, 6.07) is 0.0234. The third-order valence-electron chi connectivity index (χ3n) is 2.77. The van der Waals surface area contributed by atoms with Crippen LogP contribution in [-0.2, 0) is 21.4 Å².